The second-order valence-electron chi connectivity index (χ2n) is 10.4. The first-order valence-corrected chi connectivity index (χ1v) is 14.3. The van der Waals surface area contributed by atoms with Gasteiger partial charge in [-0.3, -0.25) is 9.13 Å². The van der Waals surface area contributed by atoms with Crippen molar-refractivity contribution < 1.29 is 40.1 Å². The molecule has 4 aromatic heterocycles. The Morgan fingerprint density at radius 3 is 1.33 bits per heavy atom. The van der Waals surface area contributed by atoms with Crippen LogP contribution in [0.3, 0.4) is 0 Å². The Kier molecular flexibility index (Phi) is 13.6. The average molecular weight is 724 g/mol. The molecule has 4 aromatic rings. The summed E-state index contributed by atoms with van der Waals surface area (Å²) < 4.78 is 13.9. The quantitative estimate of drug-likeness (QED) is 0.0735. The Balaban J connectivity index is 0.000000250. The van der Waals surface area contributed by atoms with Gasteiger partial charge in [-0.2, -0.15) is 19.9 Å². The molecule has 24 heteroatoms. The first-order chi connectivity index (χ1) is 22.1. The van der Waals surface area contributed by atoms with Crippen LogP contribution in [0.15, 0.2) is 12.7 Å². The smallest absolute Gasteiger partial charge is 0.226 e. The molecular weight excluding hydrogens is 683 g/mol. The SMILES string of the molecule is Cl.Cl.NCCNc1nc(N)c2ncn([C@@H]3O[C@H](CO)[C@@H](O)[C@H]3O)c2n1.NCCNc1nc(N)c2ncn([C@@H]3O[C@H](CO)[C@@H](O)[C@H]3O)c2n1. The maximum absolute atomic E-state index is 10.1. The van der Waals surface area contributed by atoms with Crippen molar-refractivity contribution >= 4 is 70.7 Å². The van der Waals surface area contributed by atoms with Crippen LogP contribution in [0.4, 0.5) is 23.5 Å². The zero-order valence-electron chi connectivity index (χ0n) is 25.2. The zero-order valence-corrected chi connectivity index (χ0v) is 26.9. The molecule has 0 amide bonds. The van der Waals surface area contributed by atoms with E-state index in [4.69, 9.17) is 32.4 Å². The van der Waals surface area contributed by atoms with Crippen molar-refractivity contribution in [2.75, 3.05) is 61.5 Å². The highest BCUT2D eigenvalue weighted by atomic mass is 35.5. The van der Waals surface area contributed by atoms with Gasteiger partial charge < -0.3 is 73.7 Å². The minimum atomic E-state index is -1.24. The summed E-state index contributed by atoms with van der Waals surface area (Å²) in [6, 6.07) is 0. The molecule has 2 saturated heterocycles. The molecule has 6 heterocycles. The number of aromatic nitrogens is 8. The lowest BCUT2D eigenvalue weighted by atomic mass is 10.1. The number of fused-ring (bicyclic) bond motifs is 2. The van der Waals surface area contributed by atoms with Gasteiger partial charge in [0.15, 0.2) is 35.4 Å². The van der Waals surface area contributed by atoms with E-state index in [1.807, 2.05) is 0 Å². The summed E-state index contributed by atoms with van der Waals surface area (Å²) in [5, 5.41) is 64.2. The highest BCUT2D eigenvalue weighted by Crippen LogP contribution is 2.33. The van der Waals surface area contributed by atoms with Crippen LogP contribution in [0.25, 0.3) is 22.3 Å². The highest BCUT2D eigenvalue weighted by Gasteiger charge is 2.45. The van der Waals surface area contributed by atoms with Crippen LogP contribution in [0.1, 0.15) is 12.5 Å². The molecule has 6 rings (SSSR count). The van der Waals surface area contributed by atoms with Crippen molar-refractivity contribution in [2.24, 2.45) is 11.5 Å². The normalized spacial score (nSPS) is 26.5. The summed E-state index contributed by atoms with van der Waals surface area (Å²) in [4.78, 5) is 25.0. The Morgan fingerprint density at radius 2 is 1.02 bits per heavy atom. The van der Waals surface area contributed by atoms with Crippen LogP contribution >= 0.6 is 24.8 Å². The van der Waals surface area contributed by atoms with Gasteiger partial charge in [-0.15, -0.1) is 24.8 Å². The van der Waals surface area contributed by atoms with Crippen molar-refractivity contribution in [1.82, 2.24) is 39.0 Å². The minimum Gasteiger partial charge on any atom is -0.394 e. The van der Waals surface area contributed by atoms with E-state index in [9.17, 15) is 30.6 Å². The maximum Gasteiger partial charge on any atom is 0.226 e. The number of aliphatic hydroxyl groups excluding tert-OH is 6. The Labute approximate surface area is 284 Å². The van der Waals surface area contributed by atoms with Crippen molar-refractivity contribution in [3.63, 3.8) is 0 Å². The number of hydrogen-bond donors (Lipinski definition) is 12. The number of nitrogens with two attached hydrogens (primary N) is 4. The number of nitrogen functional groups attached to an aromatic ring is 2. The molecule has 0 aliphatic carbocycles. The molecule has 0 radical (unpaired) electrons. The van der Waals surface area contributed by atoms with Crippen LogP contribution in [-0.4, -0.2) is 146 Å². The maximum atomic E-state index is 10.1. The fraction of sp³-hybridized carbons (Fsp3) is 0.583. The number of nitrogens with zero attached hydrogens (tertiary/aromatic N) is 8. The molecule has 16 N–H and O–H groups in total. The van der Waals surface area contributed by atoms with E-state index in [2.05, 4.69) is 40.5 Å². The summed E-state index contributed by atoms with van der Waals surface area (Å²) in [6.07, 6.45) is -5.77. The number of nitrogens with one attached hydrogen (secondary N) is 2. The molecule has 8 atom stereocenters. The van der Waals surface area contributed by atoms with Gasteiger partial charge in [0.05, 0.1) is 25.9 Å². The molecule has 0 unspecified atom stereocenters. The van der Waals surface area contributed by atoms with Gasteiger partial charge in [0.25, 0.3) is 0 Å². The Hall–Kier alpha value is -3.52. The van der Waals surface area contributed by atoms with Crippen LogP contribution < -0.4 is 33.6 Å². The average Bonchev–Trinajstić information content (AvgIpc) is 3.80. The van der Waals surface area contributed by atoms with Gasteiger partial charge in [-0.05, 0) is 0 Å². The lowest BCUT2D eigenvalue weighted by Gasteiger charge is -2.16. The van der Waals surface area contributed by atoms with Crippen molar-refractivity contribution in [3.8, 4) is 0 Å². The van der Waals surface area contributed by atoms with E-state index < -0.39 is 62.3 Å². The minimum absolute atomic E-state index is 0. The van der Waals surface area contributed by atoms with Crippen LogP contribution in [-0.2, 0) is 9.47 Å². The molecule has 268 valence electrons. The number of rotatable bonds is 10. The fourth-order valence-electron chi connectivity index (χ4n) is 4.99. The summed E-state index contributed by atoms with van der Waals surface area (Å²) >= 11 is 0. The molecule has 22 nitrogen and oxygen atoms in total. The van der Waals surface area contributed by atoms with E-state index >= 15 is 0 Å². The second kappa shape index (κ2) is 16.7. The van der Waals surface area contributed by atoms with Gasteiger partial charge in [-0.25, -0.2) is 9.97 Å². The first-order valence-electron chi connectivity index (χ1n) is 14.3. The summed E-state index contributed by atoms with van der Waals surface area (Å²) in [5.74, 6) is 0.878. The molecule has 2 aliphatic rings. The van der Waals surface area contributed by atoms with E-state index in [1.165, 1.54) is 21.8 Å². The monoisotopic (exact) mass is 722 g/mol. The number of aliphatic hydroxyl groups is 6. The first kappa shape index (κ1) is 38.9. The number of anilines is 4. The van der Waals surface area contributed by atoms with Crippen LogP contribution in [0.2, 0.25) is 0 Å². The topological polar surface area (TPSA) is 355 Å². The third-order valence-corrected chi connectivity index (χ3v) is 7.33. The van der Waals surface area contributed by atoms with Gasteiger partial charge in [0.1, 0.15) is 47.7 Å². The summed E-state index contributed by atoms with van der Waals surface area (Å²) in [5.41, 5.74) is 24.0. The molecule has 0 spiro atoms. The van der Waals surface area contributed by atoms with Crippen LogP contribution in [0.5, 0.6) is 0 Å². The van der Waals surface area contributed by atoms with Crippen molar-refractivity contribution in [2.45, 2.75) is 49.1 Å². The predicted molar refractivity (Wildman–Crippen MR) is 175 cm³/mol. The lowest BCUT2D eigenvalue weighted by molar-refractivity contribution is -0.0511. The Bertz CT molecular complexity index is 1520. The summed E-state index contributed by atoms with van der Waals surface area (Å²) in [7, 11) is 0. The number of ether oxygens (including phenoxy) is 2. The largest absolute Gasteiger partial charge is 0.394 e. The molecule has 2 fully saturated rings. The third kappa shape index (κ3) is 7.54. The molecule has 48 heavy (non-hydrogen) atoms. The molecule has 0 bridgehead atoms. The number of hydrogen-bond acceptors (Lipinski definition) is 20. The second-order valence-corrected chi connectivity index (χ2v) is 10.4. The van der Waals surface area contributed by atoms with Crippen molar-refractivity contribution in [1.29, 1.82) is 0 Å². The van der Waals surface area contributed by atoms with E-state index in [0.717, 1.165) is 0 Å². The molecule has 0 aromatic carbocycles. The summed E-state index contributed by atoms with van der Waals surface area (Å²) in [6.45, 7) is 0.897. The van der Waals surface area contributed by atoms with E-state index in [-0.39, 0.29) is 48.3 Å². The van der Waals surface area contributed by atoms with Gasteiger partial charge in [0.2, 0.25) is 11.9 Å². The van der Waals surface area contributed by atoms with E-state index in [1.54, 1.807) is 0 Å². The third-order valence-electron chi connectivity index (χ3n) is 7.33. The lowest BCUT2D eigenvalue weighted by Crippen LogP contribution is -2.33. The van der Waals surface area contributed by atoms with Crippen LogP contribution in [0, 0.1) is 0 Å². The predicted octanol–water partition coefficient (Wildman–Crippen LogP) is -4.38. The van der Waals surface area contributed by atoms with Gasteiger partial charge >= 0.3 is 0 Å². The van der Waals surface area contributed by atoms with Crippen molar-refractivity contribution in [3.05, 3.63) is 12.7 Å². The van der Waals surface area contributed by atoms with Gasteiger partial charge in [-0.1, -0.05) is 0 Å². The fourth-order valence-corrected chi connectivity index (χ4v) is 4.99. The number of halogens is 2. The molecular formula is C24H40Cl2N14O8. The zero-order chi connectivity index (χ0) is 33.1. The molecule has 2 aliphatic heterocycles. The standard InChI is InChI=1S/2C12H19N7O4.2ClH/c2*13-1-2-15-12-17-9(14)6-10(18-12)19(4-16-6)11-8(22)7(21)5(3-20)23-11;;/h2*4-5,7-8,11,20-22H,1-3,13H2,(H3,14,15,17,18);2*1H/t2*5-,7-,8-,11-;;/m11../s1. The highest BCUT2D eigenvalue weighted by molar-refractivity contribution is 5.86. The number of imidazole rings is 2. The molecule has 0 saturated carbocycles. The van der Waals surface area contributed by atoms with Gasteiger partial charge in [0, 0.05) is 26.2 Å². The van der Waals surface area contributed by atoms with E-state index in [0.29, 0.717) is 48.5 Å². The Morgan fingerprint density at radius 1 is 0.646 bits per heavy atom.